The minimum Gasteiger partial charge on any atom is -0.497 e. The summed E-state index contributed by atoms with van der Waals surface area (Å²) in [6.07, 6.45) is -1.10. The quantitative estimate of drug-likeness (QED) is 0.297. The zero-order valence-electron chi connectivity index (χ0n) is 19.5. The van der Waals surface area contributed by atoms with E-state index in [1.54, 1.807) is 44.6 Å². The molecular weight excluding hydrogens is 540 g/mol. The summed E-state index contributed by atoms with van der Waals surface area (Å²) in [7, 11) is 3.15. The molecule has 33 heavy (non-hydrogen) atoms. The SMILES string of the molecule is CCNC(=NCC(O)c1cc(OC)ccc1OC)N1CC(C)OC(c2ccc(F)cc2)C1.I. The van der Waals surface area contributed by atoms with E-state index in [0.717, 1.165) is 5.56 Å². The lowest BCUT2D eigenvalue weighted by atomic mass is 10.1. The number of nitrogens with zero attached hydrogens (tertiary/aromatic N) is 2. The molecule has 0 bridgehead atoms. The minimum absolute atomic E-state index is 0. The molecule has 0 aromatic heterocycles. The highest BCUT2D eigenvalue weighted by Gasteiger charge is 2.28. The molecule has 182 valence electrons. The summed E-state index contributed by atoms with van der Waals surface area (Å²) < 4.78 is 30.1. The number of aliphatic hydroxyl groups excluding tert-OH is 1. The first-order chi connectivity index (χ1) is 15.4. The Morgan fingerprint density at radius 3 is 2.58 bits per heavy atom. The third-order valence-corrected chi connectivity index (χ3v) is 5.35. The number of hydrogen-bond acceptors (Lipinski definition) is 5. The number of morpholine rings is 1. The molecule has 1 aliphatic heterocycles. The summed E-state index contributed by atoms with van der Waals surface area (Å²) in [5, 5.41) is 14.1. The molecule has 3 unspecified atom stereocenters. The van der Waals surface area contributed by atoms with Gasteiger partial charge in [-0.05, 0) is 49.7 Å². The van der Waals surface area contributed by atoms with Crippen LogP contribution in [-0.4, -0.2) is 62.5 Å². The number of aliphatic hydroxyl groups is 1. The molecule has 2 aromatic carbocycles. The van der Waals surface area contributed by atoms with Crippen LogP contribution < -0.4 is 14.8 Å². The highest BCUT2D eigenvalue weighted by Crippen LogP contribution is 2.30. The number of methoxy groups -OCH3 is 2. The van der Waals surface area contributed by atoms with E-state index in [1.807, 2.05) is 13.8 Å². The van der Waals surface area contributed by atoms with Crippen molar-refractivity contribution in [2.24, 2.45) is 4.99 Å². The molecule has 3 rings (SSSR count). The van der Waals surface area contributed by atoms with Crippen LogP contribution in [0.3, 0.4) is 0 Å². The third-order valence-electron chi connectivity index (χ3n) is 5.35. The van der Waals surface area contributed by atoms with Gasteiger partial charge >= 0.3 is 0 Å². The maximum atomic E-state index is 13.3. The normalized spacial score (nSPS) is 19.5. The number of hydrogen-bond donors (Lipinski definition) is 2. The Morgan fingerprint density at radius 2 is 1.94 bits per heavy atom. The maximum absolute atomic E-state index is 13.3. The smallest absolute Gasteiger partial charge is 0.194 e. The van der Waals surface area contributed by atoms with Crippen molar-refractivity contribution in [2.45, 2.75) is 32.2 Å². The molecule has 9 heteroatoms. The van der Waals surface area contributed by atoms with Crippen LogP contribution in [0.1, 0.15) is 37.2 Å². The summed E-state index contributed by atoms with van der Waals surface area (Å²) in [6.45, 7) is 6.06. The van der Waals surface area contributed by atoms with Crippen LogP contribution >= 0.6 is 24.0 Å². The standard InChI is InChI=1S/C24H32FN3O4.HI/c1-5-26-24(27-13-21(29)20-12-19(30-3)10-11-22(20)31-4)28-14-16(2)32-23(15-28)17-6-8-18(25)9-7-17;/h6-12,16,21,23,29H,5,13-15H2,1-4H3,(H,26,27);1H. The zero-order chi connectivity index (χ0) is 23.1. The number of benzene rings is 2. The van der Waals surface area contributed by atoms with Gasteiger partial charge in [0.05, 0.1) is 33.4 Å². The largest absolute Gasteiger partial charge is 0.497 e. The van der Waals surface area contributed by atoms with E-state index >= 15 is 0 Å². The summed E-state index contributed by atoms with van der Waals surface area (Å²) >= 11 is 0. The van der Waals surface area contributed by atoms with Crippen molar-refractivity contribution >= 4 is 29.9 Å². The van der Waals surface area contributed by atoms with Crippen molar-refractivity contribution in [3.63, 3.8) is 0 Å². The van der Waals surface area contributed by atoms with Gasteiger partial charge in [0.15, 0.2) is 5.96 Å². The Balaban J connectivity index is 0.00000385. The second-order valence-electron chi connectivity index (χ2n) is 7.71. The zero-order valence-corrected chi connectivity index (χ0v) is 21.8. The van der Waals surface area contributed by atoms with Gasteiger partial charge in [-0.2, -0.15) is 0 Å². The van der Waals surface area contributed by atoms with Gasteiger partial charge in [-0.15, -0.1) is 24.0 Å². The molecule has 0 amide bonds. The number of halogens is 2. The van der Waals surface area contributed by atoms with Crippen LogP contribution in [0.4, 0.5) is 4.39 Å². The van der Waals surface area contributed by atoms with Gasteiger partial charge < -0.3 is 29.5 Å². The van der Waals surface area contributed by atoms with Crippen LogP contribution in [0.25, 0.3) is 0 Å². The predicted octanol–water partition coefficient (Wildman–Crippen LogP) is 3.92. The number of rotatable bonds is 7. The fourth-order valence-corrected chi connectivity index (χ4v) is 3.78. The Bertz CT molecular complexity index is 913. The van der Waals surface area contributed by atoms with Gasteiger partial charge in [-0.3, -0.25) is 4.99 Å². The first-order valence-electron chi connectivity index (χ1n) is 10.8. The van der Waals surface area contributed by atoms with Crippen molar-refractivity contribution in [1.29, 1.82) is 0 Å². The van der Waals surface area contributed by atoms with Crippen LogP contribution in [0.2, 0.25) is 0 Å². The summed E-state index contributed by atoms with van der Waals surface area (Å²) in [6, 6.07) is 11.7. The number of aliphatic imine (C=N–C) groups is 1. The lowest BCUT2D eigenvalue weighted by molar-refractivity contribution is -0.0605. The molecular formula is C24H33FIN3O4. The lowest BCUT2D eigenvalue weighted by Gasteiger charge is -2.38. The van der Waals surface area contributed by atoms with Crippen molar-refractivity contribution in [2.75, 3.05) is 40.4 Å². The van der Waals surface area contributed by atoms with Gasteiger partial charge in [0.25, 0.3) is 0 Å². The molecule has 1 fully saturated rings. The molecule has 0 aliphatic carbocycles. The highest BCUT2D eigenvalue weighted by molar-refractivity contribution is 14.0. The van der Waals surface area contributed by atoms with Crippen LogP contribution in [0.15, 0.2) is 47.5 Å². The molecule has 1 saturated heterocycles. The first-order valence-corrected chi connectivity index (χ1v) is 10.8. The monoisotopic (exact) mass is 573 g/mol. The second-order valence-corrected chi connectivity index (χ2v) is 7.71. The van der Waals surface area contributed by atoms with Gasteiger partial charge in [0, 0.05) is 18.7 Å². The van der Waals surface area contributed by atoms with Gasteiger partial charge in [-0.1, -0.05) is 12.1 Å². The van der Waals surface area contributed by atoms with E-state index in [1.165, 1.54) is 12.1 Å². The lowest BCUT2D eigenvalue weighted by Crippen LogP contribution is -2.50. The Labute approximate surface area is 212 Å². The highest BCUT2D eigenvalue weighted by atomic mass is 127. The molecule has 2 aromatic rings. The van der Waals surface area contributed by atoms with E-state index in [-0.39, 0.29) is 48.5 Å². The molecule has 7 nitrogen and oxygen atoms in total. The molecule has 0 saturated carbocycles. The fraction of sp³-hybridized carbons (Fsp3) is 0.458. The average molecular weight is 573 g/mol. The Morgan fingerprint density at radius 1 is 1.21 bits per heavy atom. The van der Waals surface area contributed by atoms with Crippen molar-refractivity contribution in [3.05, 3.63) is 59.4 Å². The van der Waals surface area contributed by atoms with Gasteiger partial charge in [-0.25, -0.2) is 4.39 Å². The first kappa shape index (κ1) is 27.1. The van der Waals surface area contributed by atoms with Crippen LogP contribution in [0, 0.1) is 5.82 Å². The van der Waals surface area contributed by atoms with Crippen LogP contribution in [-0.2, 0) is 4.74 Å². The van der Waals surface area contributed by atoms with E-state index in [0.29, 0.717) is 42.7 Å². The summed E-state index contributed by atoms with van der Waals surface area (Å²) in [5.41, 5.74) is 1.53. The number of nitrogens with one attached hydrogen (secondary N) is 1. The molecule has 2 N–H and O–H groups in total. The fourth-order valence-electron chi connectivity index (χ4n) is 3.78. The Hall–Kier alpha value is -2.11. The summed E-state index contributed by atoms with van der Waals surface area (Å²) in [4.78, 5) is 6.80. The predicted molar refractivity (Wildman–Crippen MR) is 137 cm³/mol. The molecule has 1 aliphatic rings. The molecule has 3 atom stereocenters. The molecule has 0 radical (unpaired) electrons. The number of ether oxygens (including phenoxy) is 3. The minimum atomic E-state index is -0.861. The summed E-state index contributed by atoms with van der Waals surface area (Å²) in [5.74, 6) is 1.64. The third kappa shape index (κ3) is 7.18. The molecule has 1 heterocycles. The van der Waals surface area contributed by atoms with Crippen molar-refractivity contribution < 1.29 is 23.7 Å². The topological polar surface area (TPSA) is 75.6 Å². The second kappa shape index (κ2) is 13.0. The van der Waals surface area contributed by atoms with Crippen LogP contribution in [0.5, 0.6) is 11.5 Å². The molecule has 0 spiro atoms. The van der Waals surface area contributed by atoms with Gasteiger partial charge in [0.1, 0.15) is 29.5 Å². The average Bonchev–Trinajstić information content (AvgIpc) is 2.81. The van der Waals surface area contributed by atoms with Crippen molar-refractivity contribution in [1.82, 2.24) is 10.2 Å². The number of guanidine groups is 1. The van der Waals surface area contributed by atoms with Gasteiger partial charge in [0.2, 0.25) is 0 Å². The van der Waals surface area contributed by atoms with Crippen molar-refractivity contribution in [3.8, 4) is 11.5 Å². The van der Waals surface area contributed by atoms with E-state index in [4.69, 9.17) is 19.2 Å². The van der Waals surface area contributed by atoms with E-state index in [2.05, 4.69) is 10.2 Å². The maximum Gasteiger partial charge on any atom is 0.194 e. The Kier molecular flexibility index (Phi) is 10.6. The van der Waals surface area contributed by atoms with E-state index in [9.17, 15) is 9.50 Å². The van der Waals surface area contributed by atoms with E-state index < -0.39 is 6.10 Å².